The van der Waals surface area contributed by atoms with Gasteiger partial charge in [-0.2, -0.15) is 9.40 Å². The van der Waals surface area contributed by atoms with E-state index in [0.29, 0.717) is 5.75 Å². The number of aromatic nitrogens is 2. The first-order valence-electron chi connectivity index (χ1n) is 6.12. The van der Waals surface area contributed by atoms with E-state index in [1.807, 2.05) is 0 Å². The molecule has 0 bridgehead atoms. The van der Waals surface area contributed by atoms with Gasteiger partial charge in [-0.3, -0.25) is 4.68 Å². The zero-order chi connectivity index (χ0) is 15.6. The van der Waals surface area contributed by atoms with Gasteiger partial charge < -0.3 is 4.74 Å². The minimum atomic E-state index is -3.62. The van der Waals surface area contributed by atoms with E-state index in [9.17, 15) is 8.42 Å². The quantitative estimate of drug-likeness (QED) is 0.840. The summed E-state index contributed by atoms with van der Waals surface area (Å²) < 4.78 is 32.9. The third-order valence-electron chi connectivity index (χ3n) is 3.00. The van der Waals surface area contributed by atoms with E-state index in [1.54, 1.807) is 24.1 Å². The average molecular weight is 330 g/mol. The van der Waals surface area contributed by atoms with Gasteiger partial charge in [0, 0.05) is 32.4 Å². The summed E-state index contributed by atoms with van der Waals surface area (Å²) in [6.45, 7) is 0.236. The van der Waals surface area contributed by atoms with Crippen LogP contribution in [0.15, 0.2) is 35.5 Å². The standard InChI is InChI=1S/C13H16ClN3O3S/c1-16-8-10(7-15-16)9-17(2)21(18,19)11-4-5-13(20-3)12(14)6-11/h4-8H,9H2,1-3H3. The smallest absolute Gasteiger partial charge is 0.243 e. The van der Waals surface area contributed by atoms with Crippen molar-refractivity contribution >= 4 is 21.6 Å². The van der Waals surface area contributed by atoms with Crippen LogP contribution in [0, 0.1) is 0 Å². The highest BCUT2D eigenvalue weighted by atomic mass is 35.5. The number of hydrogen-bond acceptors (Lipinski definition) is 4. The number of rotatable bonds is 5. The van der Waals surface area contributed by atoms with Gasteiger partial charge in [0.25, 0.3) is 0 Å². The largest absolute Gasteiger partial charge is 0.495 e. The van der Waals surface area contributed by atoms with E-state index in [0.717, 1.165) is 5.56 Å². The molecule has 2 aromatic rings. The van der Waals surface area contributed by atoms with Crippen LogP contribution >= 0.6 is 11.6 Å². The fraction of sp³-hybridized carbons (Fsp3) is 0.308. The second-order valence-electron chi connectivity index (χ2n) is 4.58. The van der Waals surface area contributed by atoms with E-state index in [2.05, 4.69) is 5.10 Å². The van der Waals surface area contributed by atoms with Crippen molar-refractivity contribution in [2.24, 2.45) is 7.05 Å². The molecule has 0 atom stereocenters. The minimum Gasteiger partial charge on any atom is -0.495 e. The molecule has 0 saturated heterocycles. The zero-order valence-corrected chi connectivity index (χ0v) is 13.5. The predicted octanol–water partition coefficient (Wildman–Crippen LogP) is 1.90. The van der Waals surface area contributed by atoms with Crippen molar-refractivity contribution in [3.05, 3.63) is 41.2 Å². The van der Waals surface area contributed by atoms with E-state index in [-0.39, 0.29) is 16.5 Å². The molecular formula is C13H16ClN3O3S. The van der Waals surface area contributed by atoms with Crippen LogP contribution < -0.4 is 4.74 Å². The molecule has 8 heteroatoms. The Labute approximate surface area is 128 Å². The van der Waals surface area contributed by atoms with E-state index in [4.69, 9.17) is 16.3 Å². The number of ether oxygens (including phenoxy) is 1. The molecule has 1 aromatic carbocycles. The molecule has 0 aliphatic heterocycles. The van der Waals surface area contributed by atoms with Crippen LogP contribution in [0.4, 0.5) is 0 Å². The van der Waals surface area contributed by atoms with Gasteiger partial charge in [0.1, 0.15) is 5.75 Å². The van der Waals surface area contributed by atoms with Gasteiger partial charge in [-0.15, -0.1) is 0 Å². The summed E-state index contributed by atoms with van der Waals surface area (Å²) in [7, 11) is 1.15. The molecule has 2 rings (SSSR count). The van der Waals surface area contributed by atoms with E-state index in [1.165, 1.54) is 36.7 Å². The fourth-order valence-corrected chi connectivity index (χ4v) is 3.39. The molecule has 0 spiro atoms. The number of methoxy groups -OCH3 is 1. The van der Waals surface area contributed by atoms with Crippen molar-refractivity contribution in [1.82, 2.24) is 14.1 Å². The summed E-state index contributed by atoms with van der Waals surface area (Å²) in [6.07, 6.45) is 3.40. The van der Waals surface area contributed by atoms with Gasteiger partial charge in [-0.1, -0.05) is 11.6 Å². The van der Waals surface area contributed by atoms with Crippen molar-refractivity contribution in [1.29, 1.82) is 0 Å². The van der Waals surface area contributed by atoms with Crippen molar-refractivity contribution in [2.45, 2.75) is 11.4 Å². The first-order valence-corrected chi connectivity index (χ1v) is 7.94. The SMILES string of the molecule is COc1ccc(S(=O)(=O)N(C)Cc2cnn(C)c2)cc1Cl. The van der Waals surface area contributed by atoms with Crippen molar-refractivity contribution in [2.75, 3.05) is 14.2 Å². The van der Waals surface area contributed by atoms with Crippen LogP contribution in [-0.4, -0.2) is 36.7 Å². The summed E-state index contributed by atoms with van der Waals surface area (Å²) in [5.74, 6) is 0.436. The van der Waals surface area contributed by atoms with Crippen LogP contribution in [0.25, 0.3) is 0 Å². The van der Waals surface area contributed by atoms with Crippen LogP contribution in [0.3, 0.4) is 0 Å². The van der Waals surface area contributed by atoms with Crippen LogP contribution in [0.5, 0.6) is 5.75 Å². The number of aryl methyl sites for hydroxylation is 1. The Morgan fingerprint density at radius 2 is 2.14 bits per heavy atom. The number of halogens is 1. The molecule has 0 saturated carbocycles. The molecule has 0 N–H and O–H groups in total. The van der Waals surface area contributed by atoms with Crippen LogP contribution in [0.2, 0.25) is 5.02 Å². The lowest BCUT2D eigenvalue weighted by Gasteiger charge is -2.17. The Morgan fingerprint density at radius 1 is 1.43 bits per heavy atom. The molecule has 0 aliphatic rings. The van der Waals surface area contributed by atoms with Gasteiger partial charge in [0.05, 0.1) is 23.2 Å². The molecule has 0 unspecified atom stereocenters. The number of benzene rings is 1. The normalized spacial score (nSPS) is 11.9. The third-order valence-corrected chi connectivity index (χ3v) is 5.09. The highest BCUT2D eigenvalue weighted by Gasteiger charge is 2.22. The lowest BCUT2D eigenvalue weighted by atomic mass is 10.3. The van der Waals surface area contributed by atoms with E-state index < -0.39 is 10.0 Å². The summed E-state index contributed by atoms with van der Waals surface area (Å²) in [5.41, 5.74) is 0.809. The number of sulfonamides is 1. The Bertz CT molecular complexity index is 743. The van der Waals surface area contributed by atoms with Gasteiger partial charge in [-0.05, 0) is 18.2 Å². The molecular weight excluding hydrogens is 314 g/mol. The molecule has 1 heterocycles. The van der Waals surface area contributed by atoms with Gasteiger partial charge in [0.2, 0.25) is 10.0 Å². The Kier molecular flexibility index (Phi) is 4.55. The molecule has 0 radical (unpaired) electrons. The zero-order valence-electron chi connectivity index (χ0n) is 11.9. The van der Waals surface area contributed by atoms with Crippen LogP contribution in [-0.2, 0) is 23.6 Å². The van der Waals surface area contributed by atoms with Gasteiger partial charge >= 0.3 is 0 Å². The maximum absolute atomic E-state index is 12.5. The molecule has 21 heavy (non-hydrogen) atoms. The minimum absolute atomic E-state index is 0.125. The third kappa shape index (κ3) is 3.37. The predicted molar refractivity (Wildman–Crippen MR) is 79.9 cm³/mol. The summed E-state index contributed by atoms with van der Waals surface area (Å²) in [6, 6.07) is 4.39. The van der Waals surface area contributed by atoms with Crippen molar-refractivity contribution in [3.8, 4) is 5.75 Å². The Balaban J connectivity index is 2.26. The maximum Gasteiger partial charge on any atom is 0.243 e. The summed E-state index contributed by atoms with van der Waals surface area (Å²) >= 11 is 5.98. The topological polar surface area (TPSA) is 64.4 Å². The second kappa shape index (κ2) is 6.05. The highest BCUT2D eigenvalue weighted by molar-refractivity contribution is 7.89. The molecule has 0 fully saturated rings. The highest BCUT2D eigenvalue weighted by Crippen LogP contribution is 2.28. The molecule has 6 nitrogen and oxygen atoms in total. The Morgan fingerprint density at radius 3 is 2.67 bits per heavy atom. The van der Waals surface area contributed by atoms with Crippen molar-refractivity contribution in [3.63, 3.8) is 0 Å². The van der Waals surface area contributed by atoms with Crippen LogP contribution in [0.1, 0.15) is 5.56 Å². The first kappa shape index (κ1) is 15.8. The fourth-order valence-electron chi connectivity index (χ4n) is 1.88. The second-order valence-corrected chi connectivity index (χ2v) is 7.03. The number of nitrogens with zero attached hydrogens (tertiary/aromatic N) is 3. The molecule has 0 aliphatic carbocycles. The average Bonchev–Trinajstić information content (AvgIpc) is 2.83. The summed E-state index contributed by atoms with van der Waals surface area (Å²) in [5, 5.41) is 4.28. The lowest BCUT2D eigenvalue weighted by molar-refractivity contribution is 0.414. The monoisotopic (exact) mass is 329 g/mol. The molecule has 0 amide bonds. The molecule has 114 valence electrons. The van der Waals surface area contributed by atoms with Gasteiger partial charge in [0.15, 0.2) is 0 Å². The van der Waals surface area contributed by atoms with Crippen molar-refractivity contribution < 1.29 is 13.2 Å². The lowest BCUT2D eigenvalue weighted by Crippen LogP contribution is -2.26. The molecule has 1 aromatic heterocycles. The Hall–Kier alpha value is -1.57. The van der Waals surface area contributed by atoms with E-state index >= 15 is 0 Å². The first-order chi connectivity index (χ1) is 9.84. The summed E-state index contributed by atoms with van der Waals surface area (Å²) in [4.78, 5) is 0.125. The number of hydrogen-bond donors (Lipinski definition) is 0. The maximum atomic E-state index is 12.5. The van der Waals surface area contributed by atoms with Gasteiger partial charge in [-0.25, -0.2) is 8.42 Å².